The largest absolute Gasteiger partial charge is 0.302 e. The maximum atomic E-state index is 13.7. The van der Waals surface area contributed by atoms with E-state index in [1.54, 1.807) is 40.9 Å². The van der Waals surface area contributed by atoms with Crippen molar-refractivity contribution in [2.45, 2.75) is 50.3 Å². The van der Waals surface area contributed by atoms with E-state index in [0.717, 1.165) is 47.6 Å². The highest BCUT2D eigenvalue weighted by Gasteiger charge is 2.25. The summed E-state index contributed by atoms with van der Waals surface area (Å²) in [6, 6.07) is 12.5. The van der Waals surface area contributed by atoms with Gasteiger partial charge in [-0.15, -0.1) is 11.8 Å². The Bertz CT molecular complexity index is 1270. The molecule has 202 valence electrons. The van der Waals surface area contributed by atoms with Crippen molar-refractivity contribution in [1.82, 2.24) is 14.2 Å². The van der Waals surface area contributed by atoms with Crippen LogP contribution in [0.4, 0.5) is 5.13 Å². The van der Waals surface area contributed by atoms with Crippen LogP contribution in [0.3, 0.4) is 0 Å². The van der Waals surface area contributed by atoms with Crippen LogP contribution in [0.5, 0.6) is 0 Å². The van der Waals surface area contributed by atoms with Gasteiger partial charge in [-0.05, 0) is 74.7 Å². The normalized spacial score (nSPS) is 12.1. The molecule has 0 bridgehead atoms. The van der Waals surface area contributed by atoms with Crippen LogP contribution in [0.2, 0.25) is 0 Å². The molecule has 0 aliphatic rings. The van der Waals surface area contributed by atoms with Crippen LogP contribution >= 0.6 is 23.1 Å². The number of amides is 1. The number of benzene rings is 2. The van der Waals surface area contributed by atoms with Gasteiger partial charge in [0.15, 0.2) is 5.13 Å². The molecule has 2 aromatic carbocycles. The summed E-state index contributed by atoms with van der Waals surface area (Å²) in [5.41, 5.74) is 1.31. The minimum absolute atomic E-state index is 0.181. The van der Waals surface area contributed by atoms with E-state index in [1.807, 2.05) is 32.2 Å². The van der Waals surface area contributed by atoms with Gasteiger partial charge in [0.2, 0.25) is 10.0 Å². The summed E-state index contributed by atoms with van der Waals surface area (Å²) in [5.74, 6) is -0.181. The zero-order valence-corrected chi connectivity index (χ0v) is 24.9. The Morgan fingerprint density at radius 2 is 1.57 bits per heavy atom. The Morgan fingerprint density at radius 3 is 2.14 bits per heavy atom. The lowest BCUT2D eigenvalue weighted by atomic mass is 10.2. The highest BCUT2D eigenvalue weighted by molar-refractivity contribution is 7.98. The maximum Gasteiger partial charge on any atom is 0.260 e. The van der Waals surface area contributed by atoms with Gasteiger partial charge in [0.05, 0.1) is 15.1 Å². The van der Waals surface area contributed by atoms with Gasteiger partial charge >= 0.3 is 0 Å². The number of thiazole rings is 1. The monoisotopic (exact) mass is 562 g/mol. The molecule has 0 N–H and O–H groups in total. The lowest BCUT2D eigenvalue weighted by molar-refractivity contribution is 0.0983. The molecule has 10 heteroatoms. The summed E-state index contributed by atoms with van der Waals surface area (Å²) in [5, 5.41) is 0.652. The molecule has 3 aromatic rings. The smallest absolute Gasteiger partial charge is 0.260 e. The van der Waals surface area contributed by atoms with Crippen molar-refractivity contribution in [1.29, 1.82) is 0 Å². The summed E-state index contributed by atoms with van der Waals surface area (Å²) in [7, 11) is -3.60. The van der Waals surface area contributed by atoms with Crippen LogP contribution < -0.4 is 4.90 Å². The third-order valence-electron chi connectivity index (χ3n) is 6.28. The van der Waals surface area contributed by atoms with Crippen molar-refractivity contribution in [3.8, 4) is 0 Å². The molecule has 1 aromatic heterocycles. The van der Waals surface area contributed by atoms with E-state index in [0.29, 0.717) is 30.3 Å². The van der Waals surface area contributed by atoms with E-state index in [2.05, 4.69) is 24.8 Å². The zero-order valence-electron chi connectivity index (χ0n) is 22.4. The first-order valence-electron chi connectivity index (χ1n) is 12.9. The number of aromatic nitrogens is 1. The number of anilines is 1. The topological polar surface area (TPSA) is 73.8 Å². The molecule has 0 fully saturated rings. The third-order valence-corrected chi connectivity index (χ3v) is 9.96. The number of hydrogen-bond acceptors (Lipinski definition) is 7. The summed E-state index contributed by atoms with van der Waals surface area (Å²) in [6.45, 7) is 12.1. The Kier molecular flexibility index (Phi) is 11.0. The Balaban J connectivity index is 1.93. The second-order valence-electron chi connectivity index (χ2n) is 8.74. The van der Waals surface area contributed by atoms with Gasteiger partial charge in [-0.3, -0.25) is 9.69 Å². The lowest BCUT2D eigenvalue weighted by Gasteiger charge is -2.25. The fraction of sp³-hybridized carbons (Fsp3) is 0.481. The van der Waals surface area contributed by atoms with Gasteiger partial charge in [0.25, 0.3) is 5.91 Å². The van der Waals surface area contributed by atoms with Crippen molar-refractivity contribution in [2.75, 3.05) is 50.4 Å². The number of rotatable bonds is 14. The second kappa shape index (κ2) is 13.7. The second-order valence-corrected chi connectivity index (χ2v) is 12.6. The SMILES string of the molecule is CCCN(CCC)S(=O)(=O)c1ccc(C(=O)N(CCN(CC)CC)c2nc3ccc(SC)cc3s2)cc1. The average Bonchev–Trinajstić information content (AvgIpc) is 3.33. The number of carbonyl (C=O) groups excluding carboxylic acids is 1. The molecule has 1 heterocycles. The first-order chi connectivity index (χ1) is 17.8. The zero-order chi connectivity index (χ0) is 27.0. The highest BCUT2D eigenvalue weighted by Crippen LogP contribution is 2.32. The van der Waals surface area contributed by atoms with Gasteiger partial charge in [0, 0.05) is 36.6 Å². The summed E-state index contributed by atoms with van der Waals surface area (Å²) in [6.07, 6.45) is 3.53. The number of sulfonamides is 1. The number of thioether (sulfide) groups is 1. The molecule has 0 spiro atoms. The van der Waals surface area contributed by atoms with Crippen LogP contribution in [0.15, 0.2) is 52.3 Å². The Morgan fingerprint density at radius 1 is 0.919 bits per heavy atom. The predicted octanol–water partition coefficient (Wildman–Crippen LogP) is 5.82. The number of hydrogen-bond donors (Lipinski definition) is 0. The maximum absolute atomic E-state index is 13.7. The first kappa shape index (κ1) is 29.6. The molecule has 0 saturated carbocycles. The van der Waals surface area contributed by atoms with Crippen LogP contribution in [-0.4, -0.2) is 74.0 Å². The van der Waals surface area contributed by atoms with E-state index in [-0.39, 0.29) is 10.8 Å². The fourth-order valence-electron chi connectivity index (χ4n) is 4.13. The Labute approximate surface area is 229 Å². The standard InChI is InChI=1S/C27H38N4O3S3/c1-6-16-30(17-7-2)37(33,34)23-13-10-21(11-14-23)26(32)31(19-18-29(8-3)9-4)27-28-24-15-12-22(35-5)20-25(24)36-27/h10-15,20H,6-9,16-19H2,1-5H3. The molecule has 1 amide bonds. The predicted molar refractivity (Wildman–Crippen MR) is 157 cm³/mol. The van der Waals surface area contributed by atoms with Crippen LogP contribution in [0.25, 0.3) is 10.2 Å². The molecule has 0 saturated heterocycles. The minimum Gasteiger partial charge on any atom is -0.302 e. The Hall–Kier alpha value is -1.98. The van der Waals surface area contributed by atoms with E-state index < -0.39 is 10.0 Å². The molecule has 3 rings (SSSR count). The van der Waals surface area contributed by atoms with Crippen molar-refractivity contribution in [2.24, 2.45) is 0 Å². The molecule has 37 heavy (non-hydrogen) atoms. The summed E-state index contributed by atoms with van der Waals surface area (Å²) < 4.78 is 28.9. The minimum atomic E-state index is -3.60. The lowest BCUT2D eigenvalue weighted by Crippen LogP contribution is -2.39. The number of nitrogens with zero attached hydrogens (tertiary/aromatic N) is 4. The van der Waals surface area contributed by atoms with Crippen LogP contribution in [0, 0.1) is 0 Å². The number of likely N-dealkylation sites (N-methyl/N-ethyl adjacent to an activating group) is 1. The van der Waals surface area contributed by atoms with Crippen molar-refractivity contribution < 1.29 is 13.2 Å². The molecule has 7 nitrogen and oxygen atoms in total. The number of fused-ring (bicyclic) bond motifs is 1. The molecule has 0 atom stereocenters. The van der Waals surface area contributed by atoms with Crippen molar-refractivity contribution in [3.63, 3.8) is 0 Å². The van der Waals surface area contributed by atoms with Crippen molar-refractivity contribution in [3.05, 3.63) is 48.0 Å². The van der Waals surface area contributed by atoms with E-state index in [9.17, 15) is 13.2 Å². The summed E-state index contributed by atoms with van der Waals surface area (Å²) >= 11 is 3.18. The quantitative estimate of drug-likeness (QED) is 0.231. The van der Waals surface area contributed by atoms with Crippen LogP contribution in [0.1, 0.15) is 50.9 Å². The first-order valence-corrected chi connectivity index (χ1v) is 16.4. The fourth-order valence-corrected chi connectivity index (χ4v) is 7.29. The average molecular weight is 563 g/mol. The van der Waals surface area contributed by atoms with Gasteiger partial charge in [0.1, 0.15) is 0 Å². The van der Waals surface area contributed by atoms with Gasteiger partial charge in [-0.2, -0.15) is 4.31 Å². The molecule has 0 aliphatic heterocycles. The summed E-state index contributed by atoms with van der Waals surface area (Å²) in [4.78, 5) is 23.9. The van der Waals surface area contributed by atoms with Crippen molar-refractivity contribution >= 4 is 54.4 Å². The van der Waals surface area contributed by atoms with E-state index >= 15 is 0 Å². The van der Waals surface area contributed by atoms with Crippen LogP contribution in [-0.2, 0) is 10.0 Å². The highest BCUT2D eigenvalue weighted by atomic mass is 32.2. The van der Waals surface area contributed by atoms with E-state index in [1.165, 1.54) is 15.6 Å². The van der Waals surface area contributed by atoms with Gasteiger partial charge in [-0.1, -0.05) is 39.0 Å². The van der Waals surface area contributed by atoms with E-state index in [4.69, 9.17) is 4.98 Å². The third kappa shape index (κ3) is 7.11. The van der Waals surface area contributed by atoms with Gasteiger partial charge < -0.3 is 4.90 Å². The molecule has 0 radical (unpaired) electrons. The molecule has 0 aliphatic carbocycles. The number of carbonyl (C=O) groups is 1. The molecular formula is C27H38N4O3S3. The molecular weight excluding hydrogens is 525 g/mol. The van der Waals surface area contributed by atoms with Gasteiger partial charge in [-0.25, -0.2) is 13.4 Å². The molecule has 0 unspecified atom stereocenters.